The van der Waals surface area contributed by atoms with Gasteiger partial charge in [0.2, 0.25) is 0 Å². The largest absolute Gasteiger partial charge is 0.508 e. The van der Waals surface area contributed by atoms with E-state index in [2.05, 4.69) is 5.32 Å². The third kappa shape index (κ3) is 5.09. The number of nitrogens with one attached hydrogen (secondary N) is 1. The number of hydrogen-bond donors (Lipinski definition) is 3. The SMILES string of the molecule is COc1ccc(CC(NCC(O)c2ccccc2O)OC)cc1OC. The van der Waals surface area contributed by atoms with Crippen molar-refractivity contribution in [1.82, 2.24) is 5.32 Å². The van der Waals surface area contributed by atoms with Gasteiger partial charge < -0.3 is 24.4 Å². The number of hydrogen-bond acceptors (Lipinski definition) is 6. The van der Waals surface area contributed by atoms with E-state index in [1.807, 2.05) is 18.2 Å². The third-order valence-electron chi connectivity index (χ3n) is 3.99. The average Bonchev–Trinajstić information content (AvgIpc) is 2.64. The molecule has 6 nitrogen and oxygen atoms in total. The molecule has 0 saturated heterocycles. The molecule has 0 amide bonds. The minimum Gasteiger partial charge on any atom is -0.508 e. The summed E-state index contributed by atoms with van der Waals surface area (Å²) in [5.41, 5.74) is 1.49. The lowest BCUT2D eigenvalue weighted by molar-refractivity contribution is 0.0573. The molecule has 25 heavy (non-hydrogen) atoms. The Morgan fingerprint density at radius 1 is 1.00 bits per heavy atom. The number of methoxy groups -OCH3 is 3. The van der Waals surface area contributed by atoms with Crippen molar-refractivity contribution in [2.24, 2.45) is 0 Å². The molecule has 136 valence electrons. The Hall–Kier alpha value is -2.28. The Kier molecular flexibility index (Phi) is 7.06. The summed E-state index contributed by atoms with van der Waals surface area (Å²) in [6.07, 6.45) is -0.535. The molecule has 0 aromatic heterocycles. The second-order valence-electron chi connectivity index (χ2n) is 5.60. The van der Waals surface area contributed by atoms with E-state index < -0.39 is 6.10 Å². The van der Waals surface area contributed by atoms with Crippen molar-refractivity contribution in [3.8, 4) is 17.2 Å². The van der Waals surface area contributed by atoms with E-state index in [1.54, 1.807) is 45.6 Å². The molecule has 0 saturated carbocycles. The first kappa shape index (κ1) is 19.1. The maximum absolute atomic E-state index is 10.2. The van der Waals surface area contributed by atoms with Gasteiger partial charge in [0.05, 0.1) is 20.3 Å². The van der Waals surface area contributed by atoms with Crippen molar-refractivity contribution < 1.29 is 24.4 Å². The summed E-state index contributed by atoms with van der Waals surface area (Å²) >= 11 is 0. The molecule has 2 aromatic rings. The Morgan fingerprint density at radius 2 is 1.72 bits per heavy atom. The van der Waals surface area contributed by atoms with Crippen LogP contribution in [0.2, 0.25) is 0 Å². The molecular formula is C19H25NO5. The number of phenols is 1. The van der Waals surface area contributed by atoms with Crippen LogP contribution in [0.15, 0.2) is 42.5 Å². The first-order valence-corrected chi connectivity index (χ1v) is 8.02. The van der Waals surface area contributed by atoms with Gasteiger partial charge in [-0.1, -0.05) is 24.3 Å². The monoisotopic (exact) mass is 347 g/mol. The van der Waals surface area contributed by atoms with Crippen LogP contribution in [0, 0.1) is 0 Å². The van der Waals surface area contributed by atoms with Crippen LogP contribution in [0.3, 0.4) is 0 Å². The molecule has 2 unspecified atom stereocenters. The first-order valence-electron chi connectivity index (χ1n) is 8.02. The number of para-hydroxylation sites is 1. The van der Waals surface area contributed by atoms with Crippen molar-refractivity contribution in [2.75, 3.05) is 27.9 Å². The smallest absolute Gasteiger partial charge is 0.160 e. The molecule has 0 aliphatic rings. The van der Waals surface area contributed by atoms with Crippen LogP contribution in [0.4, 0.5) is 0 Å². The normalized spacial score (nSPS) is 13.3. The maximum atomic E-state index is 10.2. The molecule has 3 N–H and O–H groups in total. The molecule has 0 spiro atoms. The number of aliphatic hydroxyl groups is 1. The molecule has 0 bridgehead atoms. The highest BCUT2D eigenvalue weighted by Crippen LogP contribution is 2.28. The van der Waals surface area contributed by atoms with Crippen LogP contribution in [0.1, 0.15) is 17.2 Å². The van der Waals surface area contributed by atoms with Crippen molar-refractivity contribution in [3.05, 3.63) is 53.6 Å². The zero-order valence-corrected chi connectivity index (χ0v) is 14.7. The van der Waals surface area contributed by atoms with E-state index in [0.29, 0.717) is 23.5 Å². The second kappa shape index (κ2) is 9.27. The summed E-state index contributed by atoms with van der Waals surface area (Å²) in [4.78, 5) is 0. The summed E-state index contributed by atoms with van der Waals surface area (Å²) in [5, 5.41) is 23.2. The van der Waals surface area contributed by atoms with Crippen LogP contribution in [0.5, 0.6) is 17.2 Å². The molecule has 0 aliphatic heterocycles. The quantitative estimate of drug-likeness (QED) is 0.604. The number of phenolic OH excluding ortho intramolecular Hbond substituents is 1. The highest BCUT2D eigenvalue weighted by atomic mass is 16.5. The van der Waals surface area contributed by atoms with E-state index >= 15 is 0 Å². The minimum absolute atomic E-state index is 0.0747. The molecule has 2 atom stereocenters. The zero-order valence-electron chi connectivity index (χ0n) is 14.7. The Bertz CT molecular complexity index is 677. The summed E-state index contributed by atoms with van der Waals surface area (Å²) in [6, 6.07) is 12.4. The zero-order chi connectivity index (χ0) is 18.2. The van der Waals surface area contributed by atoms with Crippen molar-refractivity contribution >= 4 is 0 Å². The van der Waals surface area contributed by atoms with E-state index in [0.717, 1.165) is 5.56 Å². The van der Waals surface area contributed by atoms with Gasteiger partial charge in [0.25, 0.3) is 0 Å². The lowest BCUT2D eigenvalue weighted by Gasteiger charge is -2.20. The highest BCUT2D eigenvalue weighted by molar-refractivity contribution is 5.43. The van der Waals surface area contributed by atoms with E-state index in [4.69, 9.17) is 14.2 Å². The standard InChI is InChI=1S/C19H25NO5/c1-23-17-9-8-13(10-18(17)24-2)11-19(25-3)20-12-16(22)14-6-4-5-7-15(14)21/h4-10,16,19-22H,11-12H2,1-3H3. The summed E-state index contributed by atoms with van der Waals surface area (Å²) in [5.74, 6) is 1.40. The van der Waals surface area contributed by atoms with Crippen LogP contribution in [0.25, 0.3) is 0 Å². The summed E-state index contributed by atoms with van der Waals surface area (Å²) < 4.78 is 16.0. The van der Waals surface area contributed by atoms with E-state index in [-0.39, 0.29) is 18.5 Å². The summed E-state index contributed by atoms with van der Waals surface area (Å²) in [6.45, 7) is 0.253. The van der Waals surface area contributed by atoms with Crippen LogP contribution >= 0.6 is 0 Å². The fraction of sp³-hybridized carbons (Fsp3) is 0.368. The lowest BCUT2D eigenvalue weighted by Crippen LogP contribution is -2.35. The lowest BCUT2D eigenvalue weighted by atomic mass is 10.1. The van der Waals surface area contributed by atoms with Crippen LogP contribution < -0.4 is 14.8 Å². The Balaban J connectivity index is 1.97. The van der Waals surface area contributed by atoms with Gasteiger partial charge in [-0.25, -0.2) is 0 Å². The van der Waals surface area contributed by atoms with Crippen molar-refractivity contribution in [3.63, 3.8) is 0 Å². The van der Waals surface area contributed by atoms with E-state index in [1.165, 1.54) is 0 Å². The number of benzene rings is 2. The van der Waals surface area contributed by atoms with Gasteiger partial charge in [-0.3, -0.25) is 5.32 Å². The number of ether oxygens (including phenoxy) is 3. The second-order valence-corrected chi connectivity index (χ2v) is 5.60. The summed E-state index contributed by atoms with van der Waals surface area (Å²) in [7, 11) is 4.79. The molecule has 6 heteroatoms. The molecular weight excluding hydrogens is 322 g/mol. The minimum atomic E-state index is -0.829. The van der Waals surface area contributed by atoms with Crippen LogP contribution in [-0.4, -0.2) is 44.3 Å². The fourth-order valence-corrected chi connectivity index (χ4v) is 2.58. The van der Waals surface area contributed by atoms with Gasteiger partial charge >= 0.3 is 0 Å². The van der Waals surface area contributed by atoms with Crippen molar-refractivity contribution in [1.29, 1.82) is 0 Å². The molecule has 2 rings (SSSR count). The van der Waals surface area contributed by atoms with Gasteiger partial charge in [0, 0.05) is 25.6 Å². The maximum Gasteiger partial charge on any atom is 0.160 e. The van der Waals surface area contributed by atoms with Crippen LogP contribution in [-0.2, 0) is 11.2 Å². The van der Waals surface area contributed by atoms with Gasteiger partial charge in [0.1, 0.15) is 12.0 Å². The average molecular weight is 347 g/mol. The fourth-order valence-electron chi connectivity index (χ4n) is 2.58. The number of aliphatic hydroxyl groups excluding tert-OH is 1. The Labute approximate surface area is 148 Å². The molecule has 0 aliphatic carbocycles. The highest BCUT2D eigenvalue weighted by Gasteiger charge is 2.15. The van der Waals surface area contributed by atoms with Gasteiger partial charge in [-0.2, -0.15) is 0 Å². The number of rotatable bonds is 9. The first-order chi connectivity index (χ1) is 12.1. The molecule has 0 fully saturated rings. The van der Waals surface area contributed by atoms with E-state index in [9.17, 15) is 10.2 Å². The topological polar surface area (TPSA) is 80.2 Å². The molecule has 0 heterocycles. The van der Waals surface area contributed by atoms with Gasteiger partial charge in [-0.05, 0) is 23.8 Å². The predicted octanol–water partition coefficient (Wildman–Crippen LogP) is 2.25. The van der Waals surface area contributed by atoms with Gasteiger partial charge in [0.15, 0.2) is 11.5 Å². The van der Waals surface area contributed by atoms with Crippen molar-refractivity contribution in [2.45, 2.75) is 18.8 Å². The molecule has 2 aromatic carbocycles. The molecule has 0 radical (unpaired) electrons. The predicted molar refractivity (Wildman–Crippen MR) is 95.1 cm³/mol. The van der Waals surface area contributed by atoms with Gasteiger partial charge in [-0.15, -0.1) is 0 Å². The Morgan fingerprint density at radius 3 is 2.36 bits per heavy atom. The third-order valence-corrected chi connectivity index (χ3v) is 3.99. The number of aromatic hydroxyl groups is 1.